The van der Waals surface area contributed by atoms with E-state index in [1.165, 1.54) is 31.2 Å². The number of hydrogen-bond donors (Lipinski definition) is 2. The number of allylic oxidation sites excluding steroid dienone is 1. The van der Waals surface area contributed by atoms with Gasteiger partial charge in [0.2, 0.25) is 0 Å². The van der Waals surface area contributed by atoms with Crippen molar-refractivity contribution in [1.82, 2.24) is 0 Å². The minimum atomic E-state index is -1.54. The van der Waals surface area contributed by atoms with E-state index in [0.29, 0.717) is 0 Å². The summed E-state index contributed by atoms with van der Waals surface area (Å²) in [5, 5.41) is 19.0. The Kier molecular flexibility index (Phi) is 10.0. The molecule has 0 radical (unpaired) electrons. The summed E-state index contributed by atoms with van der Waals surface area (Å²) in [7, 11) is 1.07. The molecule has 11 heteroatoms. The molecule has 0 spiro atoms. The quantitative estimate of drug-likeness (QED) is 0.116. The van der Waals surface area contributed by atoms with Crippen molar-refractivity contribution in [3.8, 4) is 0 Å². The molecule has 0 bridgehead atoms. The highest BCUT2D eigenvalue weighted by molar-refractivity contribution is 6.21. The molecule has 1 saturated heterocycles. The SMILES string of the molecule is COC(=O)/C(C(=N)[C@@H]1O[C@H](COC(=O)c2ccccc2)[C@@H](OC(=O)c2ccccc2)[C@H]1OC(=O)c1ccccc1)=C(\C)O. The van der Waals surface area contributed by atoms with Crippen LogP contribution < -0.4 is 0 Å². The summed E-state index contributed by atoms with van der Waals surface area (Å²) >= 11 is 0. The number of rotatable bonds is 10. The second-order valence-electron chi connectivity index (χ2n) is 9.40. The van der Waals surface area contributed by atoms with Gasteiger partial charge in [-0.05, 0) is 43.3 Å². The monoisotopic (exact) mass is 587 g/mol. The zero-order valence-electron chi connectivity index (χ0n) is 23.3. The minimum absolute atomic E-state index is 0.155. The van der Waals surface area contributed by atoms with E-state index in [-0.39, 0.29) is 16.7 Å². The maximum atomic E-state index is 13.2. The van der Waals surface area contributed by atoms with Gasteiger partial charge in [0, 0.05) is 0 Å². The van der Waals surface area contributed by atoms with Crippen LogP contribution >= 0.6 is 0 Å². The first-order valence-corrected chi connectivity index (χ1v) is 13.2. The van der Waals surface area contributed by atoms with Crippen molar-refractivity contribution in [1.29, 1.82) is 5.41 Å². The number of aliphatic hydroxyl groups excluding tert-OH is 1. The van der Waals surface area contributed by atoms with Crippen molar-refractivity contribution in [2.45, 2.75) is 31.3 Å². The van der Waals surface area contributed by atoms with Gasteiger partial charge in [-0.25, -0.2) is 19.2 Å². The molecule has 0 saturated carbocycles. The van der Waals surface area contributed by atoms with Crippen LogP contribution in [0.4, 0.5) is 0 Å². The third kappa shape index (κ3) is 7.32. The molecule has 1 fully saturated rings. The maximum absolute atomic E-state index is 13.2. The lowest BCUT2D eigenvalue weighted by atomic mass is 9.98. The molecule has 4 rings (SSSR count). The molecule has 11 nitrogen and oxygen atoms in total. The summed E-state index contributed by atoms with van der Waals surface area (Å²) in [6.07, 6.45) is -5.71. The van der Waals surface area contributed by atoms with Gasteiger partial charge in [-0.2, -0.15) is 0 Å². The number of methoxy groups -OCH3 is 1. The van der Waals surface area contributed by atoms with Gasteiger partial charge in [0.15, 0.2) is 12.2 Å². The van der Waals surface area contributed by atoms with E-state index in [1.807, 2.05) is 0 Å². The zero-order chi connectivity index (χ0) is 30.9. The van der Waals surface area contributed by atoms with Gasteiger partial charge in [-0.15, -0.1) is 0 Å². The largest absolute Gasteiger partial charge is 0.512 e. The number of aliphatic hydroxyl groups is 1. The van der Waals surface area contributed by atoms with Crippen molar-refractivity contribution >= 4 is 29.6 Å². The Bertz CT molecular complexity index is 1500. The molecule has 1 aliphatic rings. The fourth-order valence-corrected chi connectivity index (χ4v) is 4.41. The lowest BCUT2D eigenvalue weighted by Gasteiger charge is -2.25. The third-order valence-corrected chi connectivity index (χ3v) is 6.51. The smallest absolute Gasteiger partial charge is 0.343 e. The number of ether oxygens (including phenoxy) is 5. The van der Waals surface area contributed by atoms with Crippen molar-refractivity contribution in [3.63, 3.8) is 0 Å². The van der Waals surface area contributed by atoms with Gasteiger partial charge >= 0.3 is 23.9 Å². The average molecular weight is 588 g/mol. The van der Waals surface area contributed by atoms with Gasteiger partial charge in [0.25, 0.3) is 0 Å². The summed E-state index contributed by atoms with van der Waals surface area (Å²) in [6.45, 7) is 0.700. The van der Waals surface area contributed by atoms with Crippen LogP contribution in [-0.2, 0) is 28.5 Å². The molecule has 1 heterocycles. The summed E-state index contributed by atoms with van der Waals surface area (Å²) in [6, 6.07) is 24.1. The van der Waals surface area contributed by atoms with E-state index in [4.69, 9.17) is 29.1 Å². The molecule has 3 aromatic rings. The molecule has 222 valence electrons. The van der Waals surface area contributed by atoms with E-state index in [1.54, 1.807) is 66.7 Å². The molecular weight excluding hydrogens is 558 g/mol. The van der Waals surface area contributed by atoms with Crippen LogP contribution in [0.1, 0.15) is 38.0 Å². The van der Waals surface area contributed by atoms with E-state index in [2.05, 4.69) is 0 Å². The molecule has 1 aliphatic heterocycles. The van der Waals surface area contributed by atoms with Crippen LogP contribution in [0, 0.1) is 5.41 Å². The highest BCUT2D eigenvalue weighted by Gasteiger charge is 2.53. The Labute approximate surface area is 247 Å². The van der Waals surface area contributed by atoms with Crippen molar-refractivity contribution in [2.24, 2.45) is 0 Å². The number of esters is 4. The van der Waals surface area contributed by atoms with Crippen LogP contribution in [0.15, 0.2) is 102 Å². The van der Waals surface area contributed by atoms with E-state index in [9.17, 15) is 24.3 Å². The predicted molar refractivity (Wildman–Crippen MR) is 152 cm³/mol. The molecular formula is C32H29NO10. The highest BCUT2D eigenvalue weighted by atomic mass is 16.7. The minimum Gasteiger partial charge on any atom is -0.512 e. The fourth-order valence-electron chi connectivity index (χ4n) is 4.41. The molecule has 0 amide bonds. The van der Waals surface area contributed by atoms with Crippen molar-refractivity contribution < 1.29 is 48.0 Å². The first kappa shape index (κ1) is 30.7. The molecule has 0 unspecified atom stereocenters. The third-order valence-electron chi connectivity index (χ3n) is 6.51. The standard InChI is InChI=1S/C32H29NO10/c1-19(34)24(32(38)39-2)25(33)27-28(43-31(37)22-16-10-5-11-17-22)26(42-30(36)21-14-8-4-9-15-21)23(41-27)18-40-29(35)20-12-6-3-7-13-20/h3-17,23,26-28,33-34H,18H2,1-2H3/b24-19+,33-25?/t23-,26-,27+,28-/m1/s1. The van der Waals surface area contributed by atoms with Gasteiger partial charge in [-0.3, -0.25) is 0 Å². The first-order valence-electron chi connectivity index (χ1n) is 13.2. The number of benzene rings is 3. The molecule has 2 N–H and O–H groups in total. The Morgan fingerprint density at radius 2 is 1.19 bits per heavy atom. The van der Waals surface area contributed by atoms with Crippen LogP contribution in [0.5, 0.6) is 0 Å². The van der Waals surface area contributed by atoms with Crippen LogP contribution in [0.2, 0.25) is 0 Å². The molecule has 3 aromatic carbocycles. The normalized spacial score (nSPS) is 19.9. The maximum Gasteiger partial charge on any atom is 0.343 e. The van der Waals surface area contributed by atoms with Crippen LogP contribution in [0.3, 0.4) is 0 Å². The van der Waals surface area contributed by atoms with Gasteiger partial charge < -0.3 is 34.2 Å². The molecule has 4 atom stereocenters. The van der Waals surface area contributed by atoms with E-state index < -0.39 is 71.9 Å². The number of nitrogens with one attached hydrogen (secondary N) is 1. The predicted octanol–water partition coefficient (Wildman–Crippen LogP) is 4.09. The summed E-state index contributed by atoms with van der Waals surface area (Å²) in [5.74, 6) is -3.93. The second-order valence-corrected chi connectivity index (χ2v) is 9.40. The average Bonchev–Trinajstić information content (AvgIpc) is 3.36. The Morgan fingerprint density at radius 3 is 1.63 bits per heavy atom. The van der Waals surface area contributed by atoms with Gasteiger partial charge in [0.05, 0.1) is 29.5 Å². The number of carbonyl (C=O) groups is 4. The Hall–Kier alpha value is -5.29. The molecule has 43 heavy (non-hydrogen) atoms. The first-order chi connectivity index (χ1) is 20.7. The van der Waals surface area contributed by atoms with Crippen LogP contribution in [-0.4, -0.2) is 72.8 Å². The summed E-state index contributed by atoms with van der Waals surface area (Å²) in [5.41, 5.74) is -0.558. The highest BCUT2D eigenvalue weighted by Crippen LogP contribution is 2.32. The van der Waals surface area contributed by atoms with Crippen molar-refractivity contribution in [3.05, 3.63) is 119 Å². The summed E-state index contributed by atoms with van der Waals surface area (Å²) < 4.78 is 27.8. The number of carbonyl (C=O) groups excluding carboxylic acids is 4. The second kappa shape index (κ2) is 14.1. The van der Waals surface area contributed by atoms with Gasteiger partial charge in [-0.1, -0.05) is 54.6 Å². The van der Waals surface area contributed by atoms with E-state index in [0.717, 1.165) is 7.11 Å². The van der Waals surface area contributed by atoms with Crippen LogP contribution in [0.25, 0.3) is 0 Å². The Balaban J connectivity index is 1.72. The molecule has 0 aromatic heterocycles. The Morgan fingerprint density at radius 1 is 0.744 bits per heavy atom. The van der Waals surface area contributed by atoms with E-state index >= 15 is 0 Å². The summed E-state index contributed by atoms with van der Waals surface area (Å²) in [4.78, 5) is 51.6. The lowest BCUT2D eigenvalue weighted by molar-refractivity contribution is -0.135. The molecule has 0 aliphatic carbocycles. The number of hydrogen-bond acceptors (Lipinski definition) is 11. The fraction of sp³-hybridized carbons (Fsp3) is 0.219. The van der Waals surface area contributed by atoms with Crippen molar-refractivity contribution in [2.75, 3.05) is 13.7 Å². The lowest BCUT2D eigenvalue weighted by Crippen LogP contribution is -2.44. The topological polar surface area (TPSA) is 159 Å². The van der Waals surface area contributed by atoms with Gasteiger partial charge in [0.1, 0.15) is 30.1 Å². The zero-order valence-corrected chi connectivity index (χ0v) is 23.3.